The van der Waals surface area contributed by atoms with E-state index in [1.165, 1.54) is 5.56 Å². The molecule has 0 radical (unpaired) electrons. The number of aromatic nitrogens is 2. The Kier molecular flexibility index (Phi) is 3.55. The molecule has 1 aromatic carbocycles. The highest BCUT2D eigenvalue weighted by molar-refractivity contribution is 5.71. The summed E-state index contributed by atoms with van der Waals surface area (Å²) in [7, 11) is 0. The van der Waals surface area contributed by atoms with E-state index in [0.717, 1.165) is 35.9 Å². The third-order valence-electron chi connectivity index (χ3n) is 2.92. The van der Waals surface area contributed by atoms with Gasteiger partial charge in [-0.3, -0.25) is 0 Å². The second-order valence-corrected chi connectivity index (χ2v) is 4.56. The number of rotatable bonds is 4. The van der Waals surface area contributed by atoms with E-state index >= 15 is 0 Å². The van der Waals surface area contributed by atoms with Crippen LogP contribution in [-0.2, 0) is 6.54 Å². The molecule has 0 saturated heterocycles. The molecule has 96 valence electrons. The van der Waals surface area contributed by atoms with Gasteiger partial charge in [-0.25, -0.2) is 4.68 Å². The summed E-state index contributed by atoms with van der Waals surface area (Å²) in [6, 6.07) is 8.25. The molecule has 2 aromatic rings. The van der Waals surface area contributed by atoms with E-state index in [0.29, 0.717) is 0 Å². The van der Waals surface area contributed by atoms with Crippen LogP contribution in [0, 0.1) is 13.8 Å². The Morgan fingerprint density at radius 2 is 1.89 bits per heavy atom. The minimum Gasteiger partial charge on any atom is -0.394 e. The van der Waals surface area contributed by atoms with Gasteiger partial charge in [0.2, 0.25) is 0 Å². The Labute approximate surface area is 108 Å². The van der Waals surface area contributed by atoms with Gasteiger partial charge in [0.25, 0.3) is 0 Å². The van der Waals surface area contributed by atoms with Crippen molar-refractivity contribution in [1.82, 2.24) is 9.78 Å². The molecule has 0 aliphatic carbocycles. The van der Waals surface area contributed by atoms with Gasteiger partial charge in [0, 0.05) is 12.2 Å². The van der Waals surface area contributed by atoms with Crippen molar-refractivity contribution in [3.63, 3.8) is 0 Å². The molecule has 0 spiro atoms. The lowest BCUT2D eigenvalue weighted by molar-refractivity contribution is 0.605. The zero-order valence-electron chi connectivity index (χ0n) is 11.2. The standard InChI is InChI=1S/C14H20N4/c1-4-9-18-14(13(15)11(3)17-18)16-12-7-5-10(2)6-8-12/h5-8,16H,4,9,15H2,1-3H3. The molecule has 1 aromatic heterocycles. The zero-order valence-corrected chi connectivity index (χ0v) is 11.2. The molecule has 4 heteroatoms. The third-order valence-corrected chi connectivity index (χ3v) is 2.92. The van der Waals surface area contributed by atoms with Crippen LogP contribution in [0.5, 0.6) is 0 Å². The van der Waals surface area contributed by atoms with Crippen LogP contribution in [0.3, 0.4) is 0 Å². The third kappa shape index (κ3) is 2.47. The van der Waals surface area contributed by atoms with Crippen LogP contribution in [0.15, 0.2) is 24.3 Å². The van der Waals surface area contributed by atoms with Gasteiger partial charge in [0.15, 0.2) is 5.82 Å². The molecular weight excluding hydrogens is 224 g/mol. The fourth-order valence-electron chi connectivity index (χ4n) is 1.87. The molecule has 0 saturated carbocycles. The van der Waals surface area contributed by atoms with E-state index in [-0.39, 0.29) is 0 Å². The summed E-state index contributed by atoms with van der Waals surface area (Å²) in [5.74, 6) is 0.887. The number of anilines is 3. The highest BCUT2D eigenvalue weighted by Crippen LogP contribution is 2.26. The lowest BCUT2D eigenvalue weighted by Gasteiger charge is -2.10. The summed E-state index contributed by atoms with van der Waals surface area (Å²) in [4.78, 5) is 0. The van der Waals surface area contributed by atoms with Crippen LogP contribution in [-0.4, -0.2) is 9.78 Å². The second-order valence-electron chi connectivity index (χ2n) is 4.56. The first-order valence-electron chi connectivity index (χ1n) is 6.28. The van der Waals surface area contributed by atoms with E-state index in [1.54, 1.807) is 0 Å². The zero-order chi connectivity index (χ0) is 13.1. The van der Waals surface area contributed by atoms with E-state index in [9.17, 15) is 0 Å². The van der Waals surface area contributed by atoms with E-state index in [2.05, 4.69) is 36.4 Å². The molecule has 0 unspecified atom stereocenters. The largest absolute Gasteiger partial charge is 0.394 e. The second kappa shape index (κ2) is 5.12. The number of nitrogens with one attached hydrogen (secondary N) is 1. The van der Waals surface area contributed by atoms with Crippen LogP contribution < -0.4 is 11.1 Å². The van der Waals surface area contributed by atoms with Gasteiger partial charge in [-0.05, 0) is 32.4 Å². The summed E-state index contributed by atoms with van der Waals surface area (Å²) in [6.45, 7) is 7.00. The molecule has 4 nitrogen and oxygen atoms in total. The maximum atomic E-state index is 6.07. The Hall–Kier alpha value is -1.97. The van der Waals surface area contributed by atoms with Gasteiger partial charge in [-0.1, -0.05) is 24.6 Å². The van der Waals surface area contributed by atoms with Crippen LogP contribution in [0.4, 0.5) is 17.2 Å². The van der Waals surface area contributed by atoms with Gasteiger partial charge in [-0.2, -0.15) is 5.10 Å². The Bertz CT molecular complexity index is 525. The molecule has 0 bridgehead atoms. The van der Waals surface area contributed by atoms with Gasteiger partial charge < -0.3 is 11.1 Å². The van der Waals surface area contributed by atoms with Crippen molar-refractivity contribution in [1.29, 1.82) is 0 Å². The number of nitrogens with zero attached hydrogens (tertiary/aromatic N) is 2. The normalized spacial score (nSPS) is 10.6. The molecule has 0 aliphatic rings. The Morgan fingerprint density at radius 3 is 2.50 bits per heavy atom. The van der Waals surface area contributed by atoms with Crippen molar-refractivity contribution in [3.8, 4) is 0 Å². The molecule has 0 fully saturated rings. The number of aryl methyl sites for hydroxylation is 3. The van der Waals surface area contributed by atoms with Crippen LogP contribution in [0.2, 0.25) is 0 Å². The molecule has 3 N–H and O–H groups in total. The molecule has 1 heterocycles. The number of hydrogen-bond donors (Lipinski definition) is 2. The Balaban J connectivity index is 2.30. The minimum absolute atomic E-state index is 0.726. The fourth-order valence-corrected chi connectivity index (χ4v) is 1.87. The summed E-state index contributed by atoms with van der Waals surface area (Å²) >= 11 is 0. The molecule has 0 amide bonds. The lowest BCUT2D eigenvalue weighted by atomic mass is 10.2. The monoisotopic (exact) mass is 244 g/mol. The molecule has 0 atom stereocenters. The maximum absolute atomic E-state index is 6.07. The van der Waals surface area contributed by atoms with E-state index in [1.807, 2.05) is 23.7 Å². The predicted molar refractivity (Wildman–Crippen MR) is 76.1 cm³/mol. The first kappa shape index (κ1) is 12.5. The SMILES string of the molecule is CCCn1nc(C)c(N)c1Nc1ccc(C)cc1. The van der Waals surface area contributed by atoms with Crippen LogP contribution >= 0.6 is 0 Å². The predicted octanol–water partition coefficient (Wildman–Crippen LogP) is 3.24. The first-order valence-corrected chi connectivity index (χ1v) is 6.28. The first-order chi connectivity index (χ1) is 8.61. The van der Waals surface area contributed by atoms with Crippen molar-refractivity contribution in [2.45, 2.75) is 33.7 Å². The summed E-state index contributed by atoms with van der Waals surface area (Å²) in [5, 5.41) is 7.79. The molecule has 0 aliphatic heterocycles. The Morgan fingerprint density at radius 1 is 1.22 bits per heavy atom. The topological polar surface area (TPSA) is 55.9 Å². The quantitative estimate of drug-likeness (QED) is 0.868. The fraction of sp³-hybridized carbons (Fsp3) is 0.357. The average Bonchev–Trinajstić information content (AvgIpc) is 2.60. The number of nitrogens with two attached hydrogens (primary N) is 1. The van der Waals surface area contributed by atoms with E-state index < -0.39 is 0 Å². The summed E-state index contributed by atoms with van der Waals surface area (Å²) < 4.78 is 1.94. The number of nitrogen functional groups attached to an aromatic ring is 1. The van der Waals surface area contributed by atoms with Crippen molar-refractivity contribution in [3.05, 3.63) is 35.5 Å². The van der Waals surface area contributed by atoms with Crippen LogP contribution in [0.25, 0.3) is 0 Å². The van der Waals surface area contributed by atoms with Crippen molar-refractivity contribution < 1.29 is 0 Å². The van der Waals surface area contributed by atoms with Crippen molar-refractivity contribution in [2.24, 2.45) is 0 Å². The number of hydrogen-bond acceptors (Lipinski definition) is 3. The smallest absolute Gasteiger partial charge is 0.152 e. The lowest BCUT2D eigenvalue weighted by Crippen LogP contribution is -2.05. The molecular formula is C14H20N4. The average molecular weight is 244 g/mol. The van der Waals surface area contributed by atoms with Gasteiger partial charge in [0.1, 0.15) is 0 Å². The van der Waals surface area contributed by atoms with Crippen molar-refractivity contribution >= 4 is 17.2 Å². The molecule has 2 rings (SSSR count). The van der Waals surface area contributed by atoms with Crippen LogP contribution in [0.1, 0.15) is 24.6 Å². The van der Waals surface area contributed by atoms with E-state index in [4.69, 9.17) is 5.73 Å². The highest BCUT2D eigenvalue weighted by Gasteiger charge is 2.11. The summed E-state index contributed by atoms with van der Waals surface area (Å²) in [5.41, 5.74) is 9.94. The summed E-state index contributed by atoms with van der Waals surface area (Å²) in [6.07, 6.45) is 1.03. The van der Waals surface area contributed by atoms with Gasteiger partial charge in [0.05, 0.1) is 11.4 Å². The number of benzene rings is 1. The van der Waals surface area contributed by atoms with Crippen molar-refractivity contribution in [2.75, 3.05) is 11.1 Å². The highest BCUT2D eigenvalue weighted by atomic mass is 15.3. The maximum Gasteiger partial charge on any atom is 0.152 e. The van der Waals surface area contributed by atoms with Gasteiger partial charge >= 0.3 is 0 Å². The molecule has 18 heavy (non-hydrogen) atoms. The van der Waals surface area contributed by atoms with Gasteiger partial charge in [-0.15, -0.1) is 0 Å². The minimum atomic E-state index is 0.726.